The Hall–Kier alpha value is -2.56. The van der Waals surface area contributed by atoms with E-state index in [1.165, 1.54) is 56.5 Å². The Labute approximate surface area is 308 Å². The van der Waals surface area contributed by atoms with Gasteiger partial charge in [-0.2, -0.15) is 0 Å². The van der Waals surface area contributed by atoms with Gasteiger partial charge >= 0.3 is 17.1 Å². The Kier molecular flexibility index (Phi) is 13.8. The van der Waals surface area contributed by atoms with Gasteiger partial charge in [-0.1, -0.05) is 146 Å². The van der Waals surface area contributed by atoms with Crippen LogP contribution in [-0.2, 0) is 17.1 Å². The molecule has 4 heteroatoms. The van der Waals surface area contributed by atoms with E-state index >= 15 is 0 Å². The maximum atomic E-state index is 2.75. The fourth-order valence-corrected chi connectivity index (χ4v) is 11.8. The van der Waals surface area contributed by atoms with Crippen molar-refractivity contribution in [2.75, 3.05) is 13.1 Å². The van der Waals surface area contributed by atoms with E-state index in [1.807, 2.05) is 32.1 Å². The van der Waals surface area contributed by atoms with Crippen molar-refractivity contribution >= 4 is 42.4 Å². The molecular weight excluding hydrogens is 672 g/mol. The van der Waals surface area contributed by atoms with Crippen LogP contribution < -0.4 is 26.5 Å². The molecule has 5 aromatic carbocycles. The van der Waals surface area contributed by atoms with Crippen LogP contribution in [0.15, 0.2) is 146 Å². The van der Waals surface area contributed by atoms with Crippen molar-refractivity contribution in [1.29, 1.82) is 0 Å². The van der Waals surface area contributed by atoms with Crippen LogP contribution in [0.2, 0.25) is 0 Å². The Morgan fingerprint density at radius 2 is 0.837 bits per heavy atom. The number of likely N-dealkylation sites (tertiary alicyclic amines) is 1. The first-order chi connectivity index (χ1) is 23.9. The number of rotatable bonds is 9. The van der Waals surface area contributed by atoms with E-state index in [1.54, 1.807) is 0 Å². The molecular formula is C45H41FeNP2+2. The fraction of sp³-hybridized carbons (Fsp3) is 0.111. The van der Waals surface area contributed by atoms with Crippen molar-refractivity contribution in [3.63, 3.8) is 0 Å². The largest absolute Gasteiger partial charge is 2.00 e. The van der Waals surface area contributed by atoms with E-state index < -0.39 is 15.8 Å². The minimum Gasteiger partial charge on any atom is -0.296 e. The number of hydrogen-bond acceptors (Lipinski definition) is 1. The second kappa shape index (κ2) is 18.6. The predicted molar refractivity (Wildman–Crippen MR) is 209 cm³/mol. The van der Waals surface area contributed by atoms with Crippen molar-refractivity contribution in [2.45, 2.75) is 18.9 Å². The first kappa shape index (κ1) is 36.2. The SMILES string of the molecule is [CH]1[CH][CH][CH][CH]1.[CH]1[CH][C]([C@@H](c2ccccc2P(c2ccccc2)c2ccccc2)N2CCCC2)[C](P(c2ccccc2)c2ccccc2)[CH]1.[Fe+2]. The summed E-state index contributed by atoms with van der Waals surface area (Å²) in [4.78, 5) is 2.75. The summed E-state index contributed by atoms with van der Waals surface area (Å²) < 4.78 is 0. The molecule has 5 aromatic rings. The smallest absolute Gasteiger partial charge is 0.296 e. The normalized spacial score (nSPS) is 17.5. The van der Waals surface area contributed by atoms with Crippen molar-refractivity contribution in [2.24, 2.45) is 0 Å². The van der Waals surface area contributed by atoms with E-state index in [0.717, 1.165) is 13.1 Å². The van der Waals surface area contributed by atoms with Gasteiger partial charge in [0.05, 0.1) is 0 Å². The zero-order valence-corrected chi connectivity index (χ0v) is 30.5. The van der Waals surface area contributed by atoms with Crippen LogP contribution in [0.1, 0.15) is 24.4 Å². The molecule has 2 saturated carbocycles. The second-order valence-corrected chi connectivity index (χ2v) is 16.4. The molecule has 8 rings (SSSR count). The topological polar surface area (TPSA) is 3.24 Å². The van der Waals surface area contributed by atoms with E-state index in [0.29, 0.717) is 0 Å². The van der Waals surface area contributed by atoms with E-state index in [2.05, 4.69) is 170 Å². The van der Waals surface area contributed by atoms with Gasteiger partial charge in [0.1, 0.15) is 0 Å². The number of hydrogen-bond donors (Lipinski definition) is 0. The third-order valence-corrected chi connectivity index (χ3v) is 14.0. The van der Waals surface area contributed by atoms with Gasteiger partial charge in [0.2, 0.25) is 0 Å². The average Bonchev–Trinajstić information content (AvgIpc) is 3.98. The summed E-state index contributed by atoms with van der Waals surface area (Å²) in [5, 5.41) is 7.06. The zero-order valence-electron chi connectivity index (χ0n) is 27.6. The molecule has 49 heavy (non-hydrogen) atoms. The van der Waals surface area contributed by atoms with E-state index in [-0.39, 0.29) is 23.1 Å². The molecule has 2 aliphatic carbocycles. The summed E-state index contributed by atoms with van der Waals surface area (Å²) in [7, 11) is -1.42. The monoisotopic (exact) mass is 713 g/mol. The third-order valence-electron chi connectivity index (χ3n) is 8.95. The predicted octanol–water partition coefficient (Wildman–Crippen LogP) is 8.47. The Morgan fingerprint density at radius 1 is 0.429 bits per heavy atom. The van der Waals surface area contributed by atoms with E-state index in [9.17, 15) is 0 Å². The van der Waals surface area contributed by atoms with Crippen LogP contribution >= 0.6 is 15.8 Å². The first-order valence-electron chi connectivity index (χ1n) is 16.9. The van der Waals surface area contributed by atoms with Crippen molar-refractivity contribution in [1.82, 2.24) is 4.90 Å². The maximum absolute atomic E-state index is 2.75. The van der Waals surface area contributed by atoms with Crippen LogP contribution in [0.4, 0.5) is 0 Å². The summed E-state index contributed by atoms with van der Waals surface area (Å²) >= 11 is 0. The molecule has 1 nitrogen and oxygen atoms in total. The minimum atomic E-state index is -0.724. The molecule has 0 spiro atoms. The molecule has 242 valence electrons. The molecule has 0 unspecified atom stereocenters. The van der Waals surface area contributed by atoms with E-state index in [4.69, 9.17) is 0 Å². The van der Waals surface area contributed by atoms with Gasteiger partial charge in [-0.3, -0.25) is 4.90 Å². The summed E-state index contributed by atoms with van der Waals surface area (Å²) in [5.74, 6) is 1.46. The van der Waals surface area contributed by atoms with Crippen molar-refractivity contribution in [3.05, 3.63) is 214 Å². The molecule has 1 aliphatic heterocycles. The maximum Gasteiger partial charge on any atom is 2.00 e. The molecule has 10 radical (unpaired) electrons. The van der Waals surface area contributed by atoms with Crippen molar-refractivity contribution in [3.8, 4) is 0 Å². The van der Waals surface area contributed by atoms with Gasteiger partial charge in [0.25, 0.3) is 0 Å². The van der Waals surface area contributed by atoms with Gasteiger partial charge < -0.3 is 0 Å². The van der Waals surface area contributed by atoms with Gasteiger partial charge in [-0.25, -0.2) is 0 Å². The molecule has 0 aromatic heterocycles. The molecule has 0 bridgehead atoms. The van der Waals surface area contributed by atoms with Crippen LogP contribution in [0.25, 0.3) is 0 Å². The summed E-state index contributed by atoms with van der Waals surface area (Å²) in [6, 6.07) is 54.1. The molecule has 0 N–H and O–H groups in total. The molecule has 1 atom stereocenters. The third kappa shape index (κ3) is 8.85. The van der Waals surface area contributed by atoms with Gasteiger partial charge in [0, 0.05) is 17.6 Å². The first-order valence-corrected chi connectivity index (χ1v) is 19.6. The van der Waals surface area contributed by atoms with Gasteiger partial charge in [-0.15, -0.1) is 0 Å². The fourth-order valence-electron chi connectivity index (χ4n) is 6.83. The number of nitrogens with zero attached hydrogens (tertiary/aromatic N) is 1. The van der Waals surface area contributed by atoms with Gasteiger partial charge in [0.15, 0.2) is 0 Å². The van der Waals surface area contributed by atoms with Crippen LogP contribution in [0.3, 0.4) is 0 Å². The molecule has 1 heterocycles. The van der Waals surface area contributed by atoms with Crippen LogP contribution in [0.5, 0.6) is 0 Å². The van der Waals surface area contributed by atoms with Crippen LogP contribution in [-0.4, -0.2) is 18.0 Å². The molecule has 1 saturated heterocycles. The molecule has 3 aliphatic rings. The standard InChI is InChI=1S/C40H36NP2.C5H5.Fe/c1-5-18-32(19-6-1)42(33-20-7-2-8-21-33)38-28-14-13-26-36(38)40(41-30-15-16-31-41)37-27-17-29-39(37)43(34-22-9-3-10-23-34)35-24-11-4-12-25-35;1-2-4-5-3-1;/h1-14,17-29,40H,15-16,30-31H2;1-5H;/q;;+2/t40-;;/m1../s1. The minimum absolute atomic E-state index is 0. The zero-order chi connectivity index (χ0) is 32.4. The summed E-state index contributed by atoms with van der Waals surface area (Å²) in [6.07, 6.45) is 19.6. The molecule has 0 amide bonds. The number of benzene rings is 5. The summed E-state index contributed by atoms with van der Waals surface area (Å²) in [6.45, 7) is 2.26. The van der Waals surface area contributed by atoms with Crippen molar-refractivity contribution < 1.29 is 17.1 Å². The van der Waals surface area contributed by atoms with Crippen LogP contribution in [0, 0.1) is 62.9 Å². The quantitative estimate of drug-likeness (QED) is 0.110. The molecule has 3 fully saturated rings. The van der Waals surface area contributed by atoms with Gasteiger partial charge in [-0.05, 0) is 125 Å². The Morgan fingerprint density at radius 3 is 1.31 bits per heavy atom. The summed E-state index contributed by atoms with van der Waals surface area (Å²) in [5.41, 5.74) is 2.93. The average molecular weight is 714 g/mol. The Balaban J connectivity index is 0.000000639. The second-order valence-electron chi connectivity index (χ2n) is 12.0. The Bertz CT molecular complexity index is 1570.